The lowest BCUT2D eigenvalue weighted by Crippen LogP contribution is -2.48. The van der Waals surface area contributed by atoms with Crippen LogP contribution in [0.4, 0.5) is 9.59 Å². The normalized spacial score (nSPS) is 11.7. The largest absolute Gasteiger partial charge is 0.480 e. The number of aliphatic carboxylic acids is 1. The Morgan fingerprint density at radius 2 is 1.65 bits per heavy atom. The number of hydrogen-bond acceptors (Lipinski definition) is 3. The highest BCUT2D eigenvalue weighted by Gasteiger charge is 2.20. The molecule has 0 aromatic carbocycles. The van der Waals surface area contributed by atoms with E-state index in [0.717, 1.165) is 0 Å². The minimum absolute atomic E-state index is 0.163. The van der Waals surface area contributed by atoms with E-state index >= 15 is 0 Å². The molecule has 0 rings (SSSR count). The summed E-state index contributed by atoms with van der Waals surface area (Å²) in [4.78, 5) is 35.0. The number of amides is 4. The quantitative estimate of drug-likeness (QED) is 0.496. The van der Waals surface area contributed by atoms with Crippen LogP contribution >= 0.6 is 0 Å². The van der Waals surface area contributed by atoms with Gasteiger partial charge in [0.15, 0.2) is 0 Å². The third-order valence-corrected chi connectivity index (χ3v) is 2.40. The predicted molar refractivity (Wildman–Crippen MR) is 74.5 cm³/mol. The van der Waals surface area contributed by atoms with Gasteiger partial charge in [0.1, 0.15) is 6.04 Å². The zero-order valence-corrected chi connectivity index (χ0v) is 12.4. The van der Waals surface area contributed by atoms with Crippen molar-refractivity contribution in [1.29, 1.82) is 0 Å². The molecule has 4 N–H and O–H groups in total. The number of urea groups is 2. The van der Waals surface area contributed by atoms with Gasteiger partial charge in [-0.1, -0.05) is 13.8 Å². The fourth-order valence-electron chi connectivity index (χ4n) is 1.41. The molecule has 0 unspecified atom stereocenters. The molecule has 0 fully saturated rings. The van der Waals surface area contributed by atoms with Crippen molar-refractivity contribution in [2.75, 3.05) is 27.2 Å². The molecule has 1 atom stereocenters. The van der Waals surface area contributed by atoms with Gasteiger partial charge >= 0.3 is 18.0 Å². The summed E-state index contributed by atoms with van der Waals surface area (Å²) in [5.41, 5.74) is 0. The second kappa shape index (κ2) is 9.00. The summed E-state index contributed by atoms with van der Waals surface area (Å²) in [6.07, 6.45) is 0.361. The summed E-state index contributed by atoms with van der Waals surface area (Å²) in [7, 11) is 3.22. The molecule has 0 saturated carbocycles. The first-order valence-electron chi connectivity index (χ1n) is 6.46. The number of carbonyl (C=O) groups excluding carboxylic acids is 2. The van der Waals surface area contributed by atoms with E-state index in [-0.39, 0.29) is 25.0 Å². The maximum absolute atomic E-state index is 11.5. The molecule has 116 valence electrons. The van der Waals surface area contributed by atoms with Crippen molar-refractivity contribution in [3.8, 4) is 0 Å². The molecule has 0 spiro atoms. The highest BCUT2D eigenvalue weighted by Crippen LogP contribution is 2.04. The van der Waals surface area contributed by atoms with Gasteiger partial charge in [0, 0.05) is 27.2 Å². The third kappa shape index (κ3) is 8.17. The molecular weight excluding hydrogens is 264 g/mol. The highest BCUT2D eigenvalue weighted by atomic mass is 16.4. The molecule has 0 aliphatic rings. The molecule has 0 bridgehead atoms. The van der Waals surface area contributed by atoms with Crippen LogP contribution in [0.25, 0.3) is 0 Å². The van der Waals surface area contributed by atoms with Gasteiger partial charge in [-0.3, -0.25) is 0 Å². The van der Waals surface area contributed by atoms with E-state index in [2.05, 4.69) is 16.0 Å². The highest BCUT2D eigenvalue weighted by molar-refractivity contribution is 5.82. The number of rotatable bonds is 7. The predicted octanol–water partition coefficient (Wildman–Crippen LogP) is 0.0561. The van der Waals surface area contributed by atoms with Crippen molar-refractivity contribution >= 4 is 18.0 Å². The monoisotopic (exact) mass is 288 g/mol. The average Bonchev–Trinajstić information content (AvgIpc) is 2.32. The van der Waals surface area contributed by atoms with Gasteiger partial charge in [0.2, 0.25) is 0 Å². The Hall–Kier alpha value is -1.99. The molecule has 0 aromatic rings. The van der Waals surface area contributed by atoms with Gasteiger partial charge < -0.3 is 26.0 Å². The third-order valence-electron chi connectivity index (χ3n) is 2.40. The summed E-state index contributed by atoms with van der Waals surface area (Å²) in [6, 6.07) is -1.72. The number of nitrogens with zero attached hydrogens (tertiary/aromatic N) is 1. The second-order valence-corrected chi connectivity index (χ2v) is 5.05. The maximum atomic E-state index is 11.5. The molecule has 4 amide bonds. The topological polar surface area (TPSA) is 111 Å². The number of carboxylic acid groups (broad SMARTS) is 1. The summed E-state index contributed by atoms with van der Waals surface area (Å²) in [5, 5.41) is 16.4. The van der Waals surface area contributed by atoms with Crippen molar-refractivity contribution in [3.63, 3.8) is 0 Å². The molecule has 0 aliphatic heterocycles. The van der Waals surface area contributed by atoms with Gasteiger partial charge in [-0.05, 0) is 12.3 Å². The number of nitrogens with one attached hydrogen (secondary N) is 3. The summed E-state index contributed by atoms with van der Waals surface area (Å²) >= 11 is 0. The van der Waals surface area contributed by atoms with E-state index in [4.69, 9.17) is 5.11 Å². The van der Waals surface area contributed by atoms with E-state index in [9.17, 15) is 14.4 Å². The number of hydrogen-bond donors (Lipinski definition) is 4. The first kappa shape index (κ1) is 18.0. The molecule has 0 saturated heterocycles. The Kier molecular flexibility index (Phi) is 8.10. The van der Waals surface area contributed by atoms with E-state index in [0.29, 0.717) is 6.42 Å². The van der Waals surface area contributed by atoms with Crippen molar-refractivity contribution in [3.05, 3.63) is 0 Å². The van der Waals surface area contributed by atoms with Gasteiger partial charge in [-0.25, -0.2) is 14.4 Å². The summed E-state index contributed by atoms with van der Waals surface area (Å²) < 4.78 is 0. The van der Waals surface area contributed by atoms with Gasteiger partial charge in [0.25, 0.3) is 0 Å². The standard InChI is InChI=1S/C12H24N4O4/c1-8(2)7-9(10(17)18)15-11(19)13-5-6-14-12(20)16(3)4/h8-9H,5-7H2,1-4H3,(H,14,20)(H,17,18)(H2,13,15,19)/t9-/m1/s1. The van der Waals surface area contributed by atoms with Crippen molar-refractivity contribution in [2.45, 2.75) is 26.3 Å². The Labute approximate surface area is 118 Å². The van der Waals surface area contributed by atoms with Gasteiger partial charge in [0.05, 0.1) is 0 Å². The smallest absolute Gasteiger partial charge is 0.326 e. The molecule has 0 heterocycles. The van der Waals surface area contributed by atoms with Crippen molar-refractivity contribution < 1.29 is 19.5 Å². The van der Waals surface area contributed by atoms with E-state index in [1.807, 2.05) is 13.8 Å². The molecule has 0 radical (unpaired) electrons. The number of carboxylic acids is 1. The average molecular weight is 288 g/mol. The zero-order valence-electron chi connectivity index (χ0n) is 12.4. The van der Waals surface area contributed by atoms with Crippen molar-refractivity contribution in [1.82, 2.24) is 20.9 Å². The molecular formula is C12H24N4O4. The molecule has 20 heavy (non-hydrogen) atoms. The second-order valence-electron chi connectivity index (χ2n) is 5.05. The Morgan fingerprint density at radius 3 is 2.10 bits per heavy atom. The Morgan fingerprint density at radius 1 is 1.10 bits per heavy atom. The van der Waals surface area contributed by atoms with Crippen molar-refractivity contribution in [2.24, 2.45) is 5.92 Å². The van der Waals surface area contributed by atoms with Crippen LogP contribution in [0.2, 0.25) is 0 Å². The van der Waals surface area contributed by atoms with E-state index < -0.39 is 18.0 Å². The van der Waals surface area contributed by atoms with Crippen LogP contribution < -0.4 is 16.0 Å². The first-order valence-corrected chi connectivity index (χ1v) is 6.46. The molecule has 0 aromatic heterocycles. The van der Waals surface area contributed by atoms with Gasteiger partial charge in [-0.2, -0.15) is 0 Å². The molecule has 0 aliphatic carbocycles. The fourth-order valence-corrected chi connectivity index (χ4v) is 1.41. The SMILES string of the molecule is CC(C)C[C@@H](NC(=O)NCCNC(=O)N(C)C)C(=O)O. The van der Waals surface area contributed by atoms with Crippen LogP contribution in [0.5, 0.6) is 0 Å². The number of carbonyl (C=O) groups is 3. The minimum Gasteiger partial charge on any atom is -0.480 e. The van der Waals surface area contributed by atoms with E-state index in [1.54, 1.807) is 14.1 Å². The van der Waals surface area contributed by atoms with Crippen LogP contribution in [0.3, 0.4) is 0 Å². The lowest BCUT2D eigenvalue weighted by atomic mass is 10.0. The van der Waals surface area contributed by atoms with Crippen LogP contribution in [0.1, 0.15) is 20.3 Å². The van der Waals surface area contributed by atoms with Crippen LogP contribution in [-0.2, 0) is 4.79 Å². The van der Waals surface area contributed by atoms with Crippen LogP contribution in [0, 0.1) is 5.92 Å². The Balaban J connectivity index is 3.97. The lowest BCUT2D eigenvalue weighted by Gasteiger charge is -2.17. The van der Waals surface area contributed by atoms with Crippen LogP contribution in [0.15, 0.2) is 0 Å². The minimum atomic E-state index is -1.06. The Bertz CT molecular complexity index is 344. The fraction of sp³-hybridized carbons (Fsp3) is 0.750. The summed E-state index contributed by atoms with van der Waals surface area (Å²) in [5.74, 6) is -0.898. The maximum Gasteiger partial charge on any atom is 0.326 e. The van der Waals surface area contributed by atoms with E-state index in [1.165, 1.54) is 4.90 Å². The first-order chi connectivity index (χ1) is 9.23. The summed E-state index contributed by atoms with van der Waals surface area (Å²) in [6.45, 7) is 4.25. The molecule has 8 nitrogen and oxygen atoms in total. The lowest BCUT2D eigenvalue weighted by molar-refractivity contribution is -0.139. The van der Waals surface area contributed by atoms with Crippen LogP contribution in [-0.4, -0.2) is 61.3 Å². The molecule has 8 heteroatoms. The zero-order chi connectivity index (χ0) is 15.7. The van der Waals surface area contributed by atoms with Gasteiger partial charge in [-0.15, -0.1) is 0 Å².